The summed E-state index contributed by atoms with van der Waals surface area (Å²) in [5.41, 5.74) is 4.87. The molecule has 1 unspecified atom stereocenters. The first-order valence-electron chi connectivity index (χ1n) is 13.5. The average molecular weight is 611 g/mol. The lowest BCUT2D eigenvalue weighted by molar-refractivity contribution is -0.380. The summed E-state index contributed by atoms with van der Waals surface area (Å²) in [5.74, 6) is -4.30. The Balaban J connectivity index is 1.39. The Hall–Kier alpha value is -4.10. The van der Waals surface area contributed by atoms with Gasteiger partial charge in [0.15, 0.2) is 11.8 Å². The predicted octanol–water partition coefficient (Wildman–Crippen LogP) is 2.21. The molecule has 226 valence electrons. The summed E-state index contributed by atoms with van der Waals surface area (Å²) in [7, 11) is -2.87. The van der Waals surface area contributed by atoms with Gasteiger partial charge in [-0.25, -0.2) is 9.59 Å². The van der Waals surface area contributed by atoms with Crippen molar-refractivity contribution < 1.29 is 43.4 Å². The van der Waals surface area contributed by atoms with Crippen LogP contribution in [0.1, 0.15) is 18.9 Å². The van der Waals surface area contributed by atoms with Crippen LogP contribution in [0.25, 0.3) is 10.8 Å². The van der Waals surface area contributed by atoms with Crippen LogP contribution < -0.4 is 25.2 Å². The minimum atomic E-state index is -3.20. The van der Waals surface area contributed by atoms with Crippen LogP contribution in [0.15, 0.2) is 83.8 Å². The smallest absolute Gasteiger partial charge is 0.395 e. The summed E-state index contributed by atoms with van der Waals surface area (Å²) in [6.45, 7) is 1.75. The Morgan fingerprint density at radius 1 is 1.23 bits per heavy atom. The average Bonchev–Trinajstić information content (AvgIpc) is 3.40. The Kier molecular flexibility index (Phi) is 8.92. The van der Waals surface area contributed by atoms with E-state index in [-0.39, 0.29) is 31.1 Å². The topological polar surface area (TPSA) is 188 Å². The van der Waals surface area contributed by atoms with Crippen molar-refractivity contribution >= 4 is 30.9 Å². The van der Waals surface area contributed by atoms with Crippen molar-refractivity contribution in [2.24, 2.45) is 10.5 Å². The molecule has 4 atom stereocenters. The third-order valence-electron chi connectivity index (χ3n) is 7.04. The number of carbonyl (C=O) groups is 2. The maximum Gasteiger partial charge on any atom is 0.395 e. The lowest BCUT2D eigenvalue weighted by Gasteiger charge is -2.43. The van der Waals surface area contributed by atoms with E-state index < -0.39 is 43.9 Å². The van der Waals surface area contributed by atoms with E-state index in [1.165, 1.54) is 24.1 Å². The zero-order valence-corrected chi connectivity index (χ0v) is 24.1. The lowest BCUT2D eigenvalue weighted by Crippen LogP contribution is -2.72. The van der Waals surface area contributed by atoms with Gasteiger partial charge in [0, 0.05) is 18.1 Å². The van der Waals surface area contributed by atoms with Gasteiger partial charge in [-0.05, 0) is 36.4 Å². The Morgan fingerprint density at radius 2 is 1.98 bits per heavy atom. The molecule has 43 heavy (non-hydrogen) atoms. The molecule has 5 rings (SSSR count). The number of amides is 2. The van der Waals surface area contributed by atoms with Crippen molar-refractivity contribution in [2.45, 2.75) is 43.7 Å². The minimum absolute atomic E-state index is 0.00902. The Bertz CT molecular complexity index is 1550. The fourth-order valence-electron chi connectivity index (χ4n) is 4.79. The van der Waals surface area contributed by atoms with Gasteiger partial charge in [0.25, 0.3) is 0 Å². The molecule has 0 radical (unpaired) electrons. The molecule has 0 saturated carbocycles. The number of nitrogens with one attached hydrogen (secondary N) is 1. The van der Waals surface area contributed by atoms with Crippen molar-refractivity contribution in [2.75, 3.05) is 13.2 Å². The summed E-state index contributed by atoms with van der Waals surface area (Å²) < 4.78 is 26.0. The Morgan fingerprint density at radius 3 is 2.74 bits per heavy atom. The van der Waals surface area contributed by atoms with Gasteiger partial charge >= 0.3 is 26.1 Å². The number of hydrogen-bond donors (Lipinski definition) is 4. The van der Waals surface area contributed by atoms with E-state index in [0.29, 0.717) is 17.3 Å². The van der Waals surface area contributed by atoms with Gasteiger partial charge in [-0.3, -0.25) is 15.2 Å². The number of rotatable bonds is 10. The van der Waals surface area contributed by atoms with Crippen molar-refractivity contribution in [1.82, 2.24) is 10.2 Å². The van der Waals surface area contributed by atoms with Crippen LogP contribution in [0.4, 0.5) is 4.79 Å². The SMILES string of the molecule is C[C@H](N=[P+]([O-])Oc1c(OC(O)(O)[C@@]2(N)OCC[C@@H]2N2C=CCNC2=O)ccc2ccccc12)C(=O)OCc1ccccc1. The molecule has 3 aromatic rings. The number of hydrogen-bond acceptors (Lipinski definition) is 11. The van der Waals surface area contributed by atoms with Gasteiger partial charge in [-0.1, -0.05) is 65.4 Å². The van der Waals surface area contributed by atoms with E-state index in [4.69, 9.17) is 24.5 Å². The van der Waals surface area contributed by atoms with E-state index in [1.807, 2.05) is 18.2 Å². The first-order valence-corrected chi connectivity index (χ1v) is 14.6. The second kappa shape index (κ2) is 12.6. The second-order valence-electron chi connectivity index (χ2n) is 9.96. The second-order valence-corrected chi connectivity index (χ2v) is 10.9. The van der Waals surface area contributed by atoms with Crippen molar-refractivity contribution in [1.29, 1.82) is 0 Å². The normalized spacial score (nSPS) is 21.4. The molecular formula is C29H31N4O9P. The number of carbonyl (C=O) groups excluding carboxylic acids is 2. The number of nitrogens with zero attached hydrogens (tertiary/aromatic N) is 2. The quantitative estimate of drug-likeness (QED) is 0.151. The fraction of sp³-hybridized carbons (Fsp3) is 0.310. The predicted molar refractivity (Wildman–Crippen MR) is 153 cm³/mol. The molecule has 2 aliphatic heterocycles. The minimum Gasteiger partial charge on any atom is -0.575 e. The van der Waals surface area contributed by atoms with Gasteiger partial charge in [0.2, 0.25) is 11.5 Å². The molecule has 3 aromatic carbocycles. The van der Waals surface area contributed by atoms with Crippen molar-refractivity contribution in [3.05, 3.63) is 84.6 Å². The molecule has 2 heterocycles. The number of aliphatic hydroxyl groups is 2. The Labute approximate surface area is 248 Å². The fourth-order valence-corrected chi connectivity index (χ4v) is 5.56. The number of ether oxygens (including phenoxy) is 3. The molecule has 0 spiro atoms. The first kappa shape index (κ1) is 30.4. The number of nitrogens with two attached hydrogens (primary N) is 1. The molecule has 0 aliphatic carbocycles. The number of urea groups is 1. The third-order valence-corrected chi connectivity index (χ3v) is 7.92. The highest BCUT2D eigenvalue weighted by molar-refractivity contribution is 7.34. The van der Waals surface area contributed by atoms with E-state index in [0.717, 1.165) is 5.56 Å². The molecule has 2 amide bonds. The summed E-state index contributed by atoms with van der Waals surface area (Å²) in [6.07, 6.45) is 3.34. The zero-order valence-electron chi connectivity index (χ0n) is 23.2. The van der Waals surface area contributed by atoms with Crippen LogP contribution in [0, 0.1) is 0 Å². The molecule has 14 heteroatoms. The highest BCUT2D eigenvalue weighted by Crippen LogP contribution is 2.43. The van der Waals surface area contributed by atoms with Crippen LogP contribution in [-0.4, -0.2) is 64.0 Å². The third kappa shape index (κ3) is 6.47. The summed E-state index contributed by atoms with van der Waals surface area (Å²) in [6, 6.07) is 16.3. The van der Waals surface area contributed by atoms with Crippen LogP contribution in [-0.2, 0) is 20.9 Å². The highest BCUT2D eigenvalue weighted by Gasteiger charge is 2.62. The highest BCUT2D eigenvalue weighted by atomic mass is 31.1. The van der Waals surface area contributed by atoms with E-state index >= 15 is 0 Å². The number of fused-ring (bicyclic) bond motifs is 1. The standard InChI is InChI=1S/C29H31N4O9P/c1-19(26(34)39-18-20-8-3-2-4-9-20)32-43(38)42-25-22-11-6-5-10-21(22)12-13-23(25)41-29(36,37)28(30)24(14-17-40-28)33-16-7-15-31-27(33)35/h2-13,16,19,24,36-37H,14-15,17-18,30H2,1H3,(H,31,35)/t19-,24-,28-/m0/s1. The van der Waals surface area contributed by atoms with Crippen LogP contribution >= 0.6 is 8.17 Å². The number of benzene rings is 3. The number of esters is 1. The van der Waals surface area contributed by atoms with Gasteiger partial charge in [-0.15, -0.1) is 0 Å². The monoisotopic (exact) mass is 610 g/mol. The van der Waals surface area contributed by atoms with E-state index in [1.54, 1.807) is 48.5 Å². The van der Waals surface area contributed by atoms with Crippen LogP contribution in [0.2, 0.25) is 0 Å². The molecule has 1 fully saturated rings. The maximum absolute atomic E-state index is 13.0. The van der Waals surface area contributed by atoms with E-state index in [9.17, 15) is 24.7 Å². The summed E-state index contributed by atoms with van der Waals surface area (Å²) >= 11 is 0. The lowest BCUT2D eigenvalue weighted by atomic mass is 10.00. The van der Waals surface area contributed by atoms with Gasteiger partial charge in [0.1, 0.15) is 6.61 Å². The first-order chi connectivity index (χ1) is 20.6. The van der Waals surface area contributed by atoms with Gasteiger partial charge < -0.3 is 34.6 Å². The summed E-state index contributed by atoms with van der Waals surface area (Å²) in [4.78, 5) is 39.2. The molecule has 13 nitrogen and oxygen atoms in total. The van der Waals surface area contributed by atoms with Crippen molar-refractivity contribution in [3.8, 4) is 11.5 Å². The zero-order chi connectivity index (χ0) is 30.6. The van der Waals surface area contributed by atoms with Crippen LogP contribution in [0.3, 0.4) is 0 Å². The molecule has 0 aromatic heterocycles. The molecular weight excluding hydrogens is 579 g/mol. The maximum atomic E-state index is 13.0. The van der Waals surface area contributed by atoms with Gasteiger partial charge in [-0.2, -0.15) is 0 Å². The summed E-state index contributed by atoms with van der Waals surface area (Å²) in [5, 5.41) is 26.1. The van der Waals surface area contributed by atoms with Gasteiger partial charge in [0.05, 0.1) is 12.6 Å². The molecule has 5 N–H and O–H groups in total. The van der Waals surface area contributed by atoms with Crippen LogP contribution in [0.5, 0.6) is 11.5 Å². The molecule has 0 bridgehead atoms. The molecule has 1 saturated heterocycles. The largest absolute Gasteiger partial charge is 0.575 e. The van der Waals surface area contributed by atoms with Crippen molar-refractivity contribution in [3.63, 3.8) is 0 Å². The molecule has 2 aliphatic rings. The van der Waals surface area contributed by atoms with E-state index in [2.05, 4.69) is 10.1 Å².